The largest absolute Gasteiger partial charge is 0.550 e. The molecular formula is C11H20ClNO4S. The molecule has 0 fully saturated rings. The van der Waals surface area contributed by atoms with E-state index in [0.717, 1.165) is 11.8 Å². The van der Waals surface area contributed by atoms with Crippen molar-refractivity contribution in [1.82, 2.24) is 0 Å². The predicted octanol–water partition coefficient (Wildman–Crippen LogP) is -0.138. The van der Waals surface area contributed by atoms with E-state index in [1.54, 1.807) is 0 Å². The fourth-order valence-electron chi connectivity index (χ4n) is 1.37. The van der Waals surface area contributed by atoms with Crippen molar-refractivity contribution < 1.29 is 24.0 Å². The van der Waals surface area contributed by atoms with Crippen molar-refractivity contribution in [3.63, 3.8) is 0 Å². The van der Waals surface area contributed by atoms with Crippen molar-refractivity contribution in [3.05, 3.63) is 0 Å². The SMILES string of the molecule is CC(=O)CC(=O)SC(CC(=O)[O-])C[N+](C)(C)C.Cl. The van der Waals surface area contributed by atoms with E-state index in [1.165, 1.54) is 6.92 Å². The van der Waals surface area contributed by atoms with Gasteiger partial charge in [-0.25, -0.2) is 0 Å². The van der Waals surface area contributed by atoms with Gasteiger partial charge in [0.2, 0.25) is 0 Å². The topological polar surface area (TPSA) is 74.3 Å². The molecule has 0 radical (unpaired) electrons. The second kappa shape index (κ2) is 8.50. The monoisotopic (exact) mass is 297 g/mol. The Morgan fingerprint density at radius 2 is 1.72 bits per heavy atom. The summed E-state index contributed by atoms with van der Waals surface area (Å²) in [5, 5.41) is 9.95. The van der Waals surface area contributed by atoms with Crippen LogP contribution >= 0.6 is 24.2 Å². The van der Waals surface area contributed by atoms with E-state index in [2.05, 4.69) is 0 Å². The van der Waals surface area contributed by atoms with Crippen molar-refractivity contribution in [2.75, 3.05) is 27.7 Å². The molecule has 0 aliphatic heterocycles. The van der Waals surface area contributed by atoms with E-state index < -0.39 is 5.97 Å². The fraction of sp³-hybridized carbons (Fsp3) is 0.727. The van der Waals surface area contributed by atoms with Gasteiger partial charge >= 0.3 is 0 Å². The quantitative estimate of drug-likeness (QED) is 0.483. The zero-order valence-corrected chi connectivity index (χ0v) is 12.7. The minimum atomic E-state index is -1.17. The fourth-order valence-corrected chi connectivity index (χ4v) is 2.77. The molecule has 7 heteroatoms. The van der Waals surface area contributed by atoms with Crippen LogP contribution in [0, 0.1) is 0 Å². The number of thioether (sulfide) groups is 1. The first-order valence-electron chi connectivity index (χ1n) is 5.29. The molecule has 1 atom stereocenters. The molecule has 0 bridgehead atoms. The summed E-state index contributed by atoms with van der Waals surface area (Å²) in [5.74, 6) is -1.38. The van der Waals surface area contributed by atoms with Gasteiger partial charge < -0.3 is 14.4 Å². The highest BCUT2D eigenvalue weighted by Gasteiger charge is 2.22. The Kier molecular flexibility index (Phi) is 9.32. The number of quaternary nitrogens is 1. The molecule has 18 heavy (non-hydrogen) atoms. The van der Waals surface area contributed by atoms with Crippen LogP contribution in [0.4, 0.5) is 0 Å². The predicted molar refractivity (Wildman–Crippen MR) is 71.5 cm³/mol. The Labute approximate surface area is 118 Å². The summed E-state index contributed by atoms with van der Waals surface area (Å²) in [6.07, 6.45) is -0.324. The molecule has 0 saturated heterocycles. The number of carboxylic acids is 1. The number of carboxylic acid groups (broad SMARTS) is 1. The highest BCUT2D eigenvalue weighted by atomic mass is 35.5. The number of aliphatic carboxylic acids is 1. The third-order valence-corrected chi connectivity index (χ3v) is 2.89. The molecule has 0 rings (SSSR count). The van der Waals surface area contributed by atoms with E-state index >= 15 is 0 Å². The van der Waals surface area contributed by atoms with Crippen LogP contribution in [0.15, 0.2) is 0 Å². The standard InChI is InChI=1S/C11H19NO4S.ClH/c1-8(13)5-11(16)17-9(6-10(14)15)7-12(2,3)4;/h9H,5-7H2,1-4H3;1H. The lowest BCUT2D eigenvalue weighted by Crippen LogP contribution is -2.42. The normalized spacial score (nSPS) is 12.4. The second-order valence-electron chi connectivity index (χ2n) is 5.04. The Balaban J connectivity index is 0. The summed E-state index contributed by atoms with van der Waals surface area (Å²) in [6.45, 7) is 1.87. The number of hydrogen-bond donors (Lipinski definition) is 0. The molecule has 0 aliphatic rings. The van der Waals surface area contributed by atoms with Crippen molar-refractivity contribution in [2.24, 2.45) is 0 Å². The van der Waals surface area contributed by atoms with Gasteiger partial charge in [-0.1, -0.05) is 11.8 Å². The average Bonchev–Trinajstić information content (AvgIpc) is 1.95. The number of halogens is 1. The zero-order valence-electron chi connectivity index (χ0n) is 11.1. The Morgan fingerprint density at radius 3 is 2.06 bits per heavy atom. The number of nitrogens with zero attached hydrogens (tertiary/aromatic N) is 1. The maximum Gasteiger partial charge on any atom is 0.196 e. The lowest BCUT2D eigenvalue weighted by molar-refractivity contribution is -0.869. The number of carbonyl (C=O) groups excluding carboxylic acids is 3. The average molecular weight is 298 g/mol. The first-order valence-corrected chi connectivity index (χ1v) is 6.17. The number of Topliss-reactive ketones (excluding diaryl/α,β-unsaturated/α-hetero) is 1. The summed E-state index contributed by atoms with van der Waals surface area (Å²) in [4.78, 5) is 32.8. The molecule has 0 amide bonds. The first kappa shape index (κ1) is 19.7. The van der Waals surface area contributed by atoms with Gasteiger partial charge in [0, 0.05) is 12.4 Å². The number of rotatable bonds is 7. The van der Waals surface area contributed by atoms with E-state index in [1.807, 2.05) is 21.1 Å². The highest BCUT2D eigenvalue weighted by Crippen LogP contribution is 2.19. The van der Waals surface area contributed by atoms with Crippen LogP contribution in [-0.2, 0) is 14.4 Å². The molecule has 106 valence electrons. The Bertz CT molecular complexity index is 315. The number of ketones is 1. The van der Waals surface area contributed by atoms with Gasteiger partial charge in [0.05, 0.1) is 39.4 Å². The van der Waals surface area contributed by atoms with E-state index in [0.29, 0.717) is 11.0 Å². The summed E-state index contributed by atoms with van der Waals surface area (Å²) in [5.41, 5.74) is 0. The van der Waals surface area contributed by atoms with Gasteiger partial charge in [-0.15, -0.1) is 12.4 Å². The molecule has 0 aliphatic carbocycles. The van der Waals surface area contributed by atoms with Crippen molar-refractivity contribution in [2.45, 2.75) is 25.0 Å². The molecule has 0 aromatic heterocycles. The molecule has 0 aromatic rings. The summed E-state index contributed by atoms with van der Waals surface area (Å²) >= 11 is 0.932. The number of hydrogen-bond acceptors (Lipinski definition) is 5. The van der Waals surface area contributed by atoms with Crippen molar-refractivity contribution in [1.29, 1.82) is 0 Å². The van der Waals surface area contributed by atoms with Crippen molar-refractivity contribution >= 4 is 41.0 Å². The summed E-state index contributed by atoms with van der Waals surface area (Å²) in [7, 11) is 5.74. The van der Waals surface area contributed by atoms with E-state index in [9.17, 15) is 19.5 Å². The molecule has 0 aromatic carbocycles. The lowest BCUT2D eigenvalue weighted by atomic mass is 10.3. The second-order valence-corrected chi connectivity index (χ2v) is 6.40. The van der Waals surface area contributed by atoms with E-state index in [-0.39, 0.29) is 41.4 Å². The van der Waals surface area contributed by atoms with Crippen LogP contribution < -0.4 is 5.11 Å². The molecule has 0 spiro atoms. The number of carbonyl (C=O) groups is 3. The minimum absolute atomic E-state index is 0. The van der Waals surface area contributed by atoms with Gasteiger partial charge in [-0.3, -0.25) is 9.59 Å². The van der Waals surface area contributed by atoms with E-state index in [4.69, 9.17) is 0 Å². The van der Waals surface area contributed by atoms with Gasteiger partial charge in [0.15, 0.2) is 5.12 Å². The maximum atomic E-state index is 11.5. The lowest BCUT2D eigenvalue weighted by Gasteiger charge is -2.28. The molecule has 0 saturated carbocycles. The Morgan fingerprint density at radius 1 is 1.22 bits per heavy atom. The van der Waals surface area contributed by atoms with Gasteiger partial charge in [-0.2, -0.15) is 0 Å². The smallest absolute Gasteiger partial charge is 0.196 e. The highest BCUT2D eigenvalue weighted by molar-refractivity contribution is 8.14. The van der Waals surface area contributed by atoms with Crippen LogP contribution in [0.1, 0.15) is 19.8 Å². The van der Waals surface area contributed by atoms with Crippen LogP contribution in [0.3, 0.4) is 0 Å². The molecule has 0 heterocycles. The van der Waals surface area contributed by atoms with Crippen LogP contribution in [0.2, 0.25) is 0 Å². The van der Waals surface area contributed by atoms with Crippen LogP contribution in [0.5, 0.6) is 0 Å². The molecular weight excluding hydrogens is 278 g/mol. The molecule has 5 nitrogen and oxygen atoms in total. The first-order chi connectivity index (χ1) is 7.60. The molecule has 0 N–H and O–H groups in total. The third kappa shape index (κ3) is 11.9. The minimum Gasteiger partial charge on any atom is -0.550 e. The van der Waals surface area contributed by atoms with Gasteiger partial charge in [0.1, 0.15) is 5.78 Å². The Hall–Kier alpha value is -0.590. The maximum absolute atomic E-state index is 11.5. The van der Waals surface area contributed by atoms with Crippen LogP contribution in [0.25, 0.3) is 0 Å². The van der Waals surface area contributed by atoms with Crippen molar-refractivity contribution in [3.8, 4) is 0 Å². The summed E-state index contributed by atoms with van der Waals surface area (Å²) in [6, 6.07) is 0. The van der Waals surface area contributed by atoms with Gasteiger partial charge in [-0.05, 0) is 6.92 Å². The summed E-state index contributed by atoms with van der Waals surface area (Å²) < 4.78 is 0.554. The van der Waals surface area contributed by atoms with Crippen LogP contribution in [-0.4, -0.2) is 54.3 Å². The zero-order chi connectivity index (χ0) is 13.6. The third-order valence-electron chi connectivity index (χ3n) is 1.84. The molecule has 1 unspecified atom stereocenters. The van der Waals surface area contributed by atoms with Gasteiger partial charge in [0.25, 0.3) is 0 Å².